The average molecular weight is 347 g/mol. The molecule has 0 fully saturated rings. The molecule has 0 aliphatic rings. The minimum Gasteiger partial charge on any atom is -0.478 e. The summed E-state index contributed by atoms with van der Waals surface area (Å²) in [5, 5.41) is 8.77. The second kappa shape index (κ2) is 9.65. The van der Waals surface area contributed by atoms with E-state index in [1.165, 1.54) is 0 Å². The van der Waals surface area contributed by atoms with Crippen LogP contribution in [0.2, 0.25) is 39.3 Å². The van der Waals surface area contributed by atoms with Gasteiger partial charge in [0.2, 0.25) is 0 Å². The lowest BCUT2D eigenvalue weighted by molar-refractivity contribution is -0.132. The van der Waals surface area contributed by atoms with Gasteiger partial charge in [-0.15, -0.1) is 0 Å². The third-order valence-corrected chi connectivity index (χ3v) is 5.10. The molecule has 4 nitrogen and oxygen atoms in total. The number of hydrogen-bond donors (Lipinski definition) is 1. The highest BCUT2D eigenvalue weighted by Crippen LogP contribution is 2.17. The first-order chi connectivity index (χ1) is 9.91. The van der Waals surface area contributed by atoms with Crippen LogP contribution >= 0.6 is 0 Å². The van der Waals surface area contributed by atoms with E-state index in [-0.39, 0.29) is 6.10 Å². The van der Waals surface area contributed by atoms with Crippen LogP contribution in [0.4, 0.5) is 0 Å². The molecule has 0 heterocycles. The Balaban J connectivity index is 4.13. The summed E-state index contributed by atoms with van der Waals surface area (Å²) in [7, 11) is -3.09. The average Bonchev–Trinajstić information content (AvgIpc) is 2.32. The molecule has 1 N–H and O–H groups in total. The van der Waals surface area contributed by atoms with Crippen molar-refractivity contribution >= 4 is 22.6 Å². The Morgan fingerprint density at radius 2 is 1.64 bits per heavy atom. The van der Waals surface area contributed by atoms with Crippen molar-refractivity contribution in [3.8, 4) is 0 Å². The Morgan fingerprint density at radius 3 is 2.09 bits per heavy atom. The quantitative estimate of drug-likeness (QED) is 0.317. The normalized spacial score (nSPS) is 13.9. The van der Waals surface area contributed by atoms with Gasteiger partial charge in [-0.1, -0.05) is 19.4 Å². The van der Waals surface area contributed by atoms with E-state index in [2.05, 4.69) is 45.9 Å². The van der Waals surface area contributed by atoms with E-state index in [4.69, 9.17) is 14.0 Å². The number of rotatable bonds is 12. The first kappa shape index (κ1) is 21.6. The Morgan fingerprint density at radius 1 is 1.05 bits per heavy atom. The Labute approximate surface area is 138 Å². The number of hydrogen-bond acceptors (Lipinski definition) is 3. The van der Waals surface area contributed by atoms with Gasteiger partial charge in [-0.3, -0.25) is 0 Å². The third-order valence-electron chi connectivity index (χ3n) is 3.03. The molecule has 0 rings (SSSR count). The number of carbonyl (C=O) groups is 1. The van der Waals surface area contributed by atoms with Crippen molar-refractivity contribution in [1.29, 1.82) is 0 Å². The second-order valence-electron chi connectivity index (χ2n) is 7.78. The molecule has 0 aromatic heterocycles. The van der Waals surface area contributed by atoms with Gasteiger partial charge < -0.3 is 14.0 Å². The van der Waals surface area contributed by atoms with Crippen LogP contribution in [-0.4, -0.2) is 40.4 Å². The van der Waals surface area contributed by atoms with Gasteiger partial charge in [-0.05, 0) is 58.5 Å². The first-order valence-electron chi connectivity index (χ1n) is 8.13. The summed E-state index contributed by atoms with van der Waals surface area (Å²) < 4.78 is 12.2. The highest BCUT2D eigenvalue weighted by atomic mass is 28.4. The highest BCUT2D eigenvalue weighted by molar-refractivity contribution is 6.70. The predicted octanol–water partition coefficient (Wildman–Crippen LogP) is 4.65. The van der Waals surface area contributed by atoms with Gasteiger partial charge in [0, 0.05) is 5.57 Å². The maximum absolute atomic E-state index is 10.7. The highest BCUT2D eigenvalue weighted by Gasteiger charge is 2.23. The van der Waals surface area contributed by atoms with Crippen molar-refractivity contribution in [3.05, 3.63) is 12.2 Å². The molecule has 0 radical (unpaired) electrons. The molecule has 0 amide bonds. The van der Waals surface area contributed by atoms with Crippen LogP contribution in [0.5, 0.6) is 0 Å². The number of carboxylic acids is 1. The molecule has 0 aromatic carbocycles. The molecule has 22 heavy (non-hydrogen) atoms. The van der Waals surface area contributed by atoms with Gasteiger partial charge in [0.25, 0.3) is 0 Å². The minimum atomic E-state index is -1.57. The van der Waals surface area contributed by atoms with Crippen molar-refractivity contribution in [2.45, 2.75) is 77.5 Å². The fourth-order valence-corrected chi connectivity index (χ4v) is 3.89. The lowest BCUT2D eigenvalue weighted by Gasteiger charge is -2.29. The van der Waals surface area contributed by atoms with Crippen LogP contribution in [0.1, 0.15) is 32.1 Å². The zero-order chi connectivity index (χ0) is 17.4. The van der Waals surface area contributed by atoms with Crippen LogP contribution in [0.3, 0.4) is 0 Å². The van der Waals surface area contributed by atoms with Crippen molar-refractivity contribution in [2.75, 3.05) is 6.61 Å². The molecule has 0 spiro atoms. The maximum Gasteiger partial charge on any atom is 0.330 e. The van der Waals surface area contributed by atoms with Crippen LogP contribution in [-0.2, 0) is 13.6 Å². The standard InChI is InChI=1S/C16H34O4Si2/c1-14(16(17)18)11-9-8-10-12-15(20-22(5,6)7)13-19-21(2,3)4/h15H,1,8-13H2,2-7H3,(H,17,18). The van der Waals surface area contributed by atoms with E-state index >= 15 is 0 Å². The molecule has 0 aromatic rings. The lowest BCUT2D eigenvalue weighted by atomic mass is 10.1. The maximum atomic E-state index is 10.7. The number of unbranched alkanes of at least 4 members (excludes halogenated alkanes) is 2. The van der Waals surface area contributed by atoms with Gasteiger partial charge in [-0.25, -0.2) is 4.79 Å². The lowest BCUT2D eigenvalue weighted by Crippen LogP contribution is -2.38. The molecule has 0 saturated carbocycles. The van der Waals surface area contributed by atoms with E-state index in [1.807, 2.05) is 0 Å². The summed E-state index contributed by atoms with van der Waals surface area (Å²) in [4.78, 5) is 10.7. The van der Waals surface area contributed by atoms with E-state index in [1.54, 1.807) is 0 Å². The van der Waals surface area contributed by atoms with Gasteiger partial charge in [0.05, 0.1) is 12.7 Å². The summed E-state index contributed by atoms with van der Waals surface area (Å²) in [6.07, 6.45) is 4.64. The molecule has 0 aliphatic carbocycles. The Kier molecular flexibility index (Phi) is 9.46. The predicted molar refractivity (Wildman–Crippen MR) is 97.4 cm³/mol. The van der Waals surface area contributed by atoms with Crippen molar-refractivity contribution < 1.29 is 18.8 Å². The largest absolute Gasteiger partial charge is 0.478 e. The molecule has 0 saturated heterocycles. The zero-order valence-corrected chi connectivity index (χ0v) is 17.2. The molecule has 1 unspecified atom stereocenters. The molecule has 0 aliphatic heterocycles. The van der Waals surface area contributed by atoms with Gasteiger partial charge in [-0.2, -0.15) is 0 Å². The molecule has 0 bridgehead atoms. The summed E-state index contributed by atoms with van der Waals surface area (Å²) in [5.74, 6) is -0.886. The third kappa shape index (κ3) is 13.2. The van der Waals surface area contributed by atoms with Crippen LogP contribution in [0, 0.1) is 0 Å². The summed E-state index contributed by atoms with van der Waals surface area (Å²) >= 11 is 0. The van der Waals surface area contributed by atoms with Gasteiger partial charge in [0.15, 0.2) is 16.6 Å². The van der Waals surface area contributed by atoms with Crippen molar-refractivity contribution in [1.82, 2.24) is 0 Å². The smallest absolute Gasteiger partial charge is 0.330 e. The van der Waals surface area contributed by atoms with Gasteiger partial charge >= 0.3 is 5.97 Å². The molecule has 6 heteroatoms. The second-order valence-corrected chi connectivity index (χ2v) is 16.8. The van der Waals surface area contributed by atoms with E-state index < -0.39 is 22.6 Å². The van der Waals surface area contributed by atoms with Crippen molar-refractivity contribution in [3.63, 3.8) is 0 Å². The van der Waals surface area contributed by atoms with Crippen LogP contribution < -0.4 is 0 Å². The van der Waals surface area contributed by atoms with E-state index in [0.29, 0.717) is 18.6 Å². The van der Waals surface area contributed by atoms with E-state index in [9.17, 15) is 4.79 Å². The summed E-state index contributed by atoms with van der Waals surface area (Å²) in [5.41, 5.74) is 0.303. The molecular weight excluding hydrogens is 312 g/mol. The monoisotopic (exact) mass is 346 g/mol. The van der Waals surface area contributed by atoms with E-state index in [0.717, 1.165) is 25.7 Å². The molecule has 1 atom stereocenters. The minimum absolute atomic E-state index is 0.168. The molecular formula is C16H34O4Si2. The fraction of sp³-hybridized carbons (Fsp3) is 0.812. The SMILES string of the molecule is C=C(CCCCCC(CO[Si](C)(C)C)O[Si](C)(C)C)C(=O)O. The Bertz CT molecular complexity index is 356. The van der Waals surface area contributed by atoms with Crippen LogP contribution in [0.25, 0.3) is 0 Å². The number of aliphatic carboxylic acids is 1. The summed E-state index contributed by atoms with van der Waals surface area (Å²) in [6.45, 7) is 17.4. The van der Waals surface area contributed by atoms with Crippen molar-refractivity contribution in [2.24, 2.45) is 0 Å². The Hall–Kier alpha value is -0.436. The zero-order valence-electron chi connectivity index (χ0n) is 15.2. The fourth-order valence-electron chi connectivity index (χ4n) is 2.01. The van der Waals surface area contributed by atoms with Gasteiger partial charge in [0.1, 0.15) is 0 Å². The molecule has 130 valence electrons. The first-order valence-corrected chi connectivity index (χ1v) is 15.0. The topological polar surface area (TPSA) is 55.8 Å². The van der Waals surface area contributed by atoms with Crippen LogP contribution in [0.15, 0.2) is 12.2 Å². The summed E-state index contributed by atoms with van der Waals surface area (Å²) in [6, 6.07) is 0. The number of carboxylic acid groups (broad SMARTS) is 1.